The number of fused-ring (bicyclic) bond motifs is 1. The minimum Gasteiger partial charge on any atom is -0.352 e. The summed E-state index contributed by atoms with van der Waals surface area (Å²) in [6.07, 6.45) is -1.58. The molecule has 0 radical (unpaired) electrons. The van der Waals surface area contributed by atoms with Crippen LogP contribution in [0.1, 0.15) is 38.2 Å². The van der Waals surface area contributed by atoms with Gasteiger partial charge in [-0.05, 0) is 55.4 Å². The fraction of sp³-hybridized carbons (Fsp3) is 0.632. The van der Waals surface area contributed by atoms with Gasteiger partial charge in [-0.3, -0.25) is 4.79 Å². The van der Waals surface area contributed by atoms with E-state index in [9.17, 15) is 26.4 Å². The number of amides is 1. The highest BCUT2D eigenvalue weighted by Gasteiger charge is 2.47. The van der Waals surface area contributed by atoms with Gasteiger partial charge in [0.1, 0.15) is 0 Å². The molecule has 1 aromatic carbocycles. The van der Waals surface area contributed by atoms with Crippen molar-refractivity contribution in [3.05, 3.63) is 29.8 Å². The quantitative estimate of drug-likeness (QED) is 0.720. The standard InChI is InChI=1S/C19H26F3N3O3S/c1-2-3-16(23)18(26)24-17-9-4-12-10-25(11-15(12)17)29(27,28)14-7-5-13(6-8-14)19(20,21)22/h5-8,12,15-17H,2-4,9-11,23H2,1H3,(H,24,26)/t12-,15+,16+,17+/m1/s1. The zero-order chi connectivity index (χ0) is 21.4. The molecule has 3 rings (SSSR count). The van der Waals surface area contributed by atoms with Crippen LogP contribution < -0.4 is 11.1 Å². The van der Waals surface area contributed by atoms with Gasteiger partial charge in [0, 0.05) is 19.1 Å². The third-order valence-corrected chi connectivity index (χ3v) is 7.75. The molecule has 2 fully saturated rings. The molecule has 162 valence electrons. The molecule has 1 saturated heterocycles. The maximum atomic E-state index is 12.9. The lowest BCUT2D eigenvalue weighted by Gasteiger charge is -2.23. The first-order valence-electron chi connectivity index (χ1n) is 9.77. The number of nitrogens with two attached hydrogens (primary N) is 1. The second-order valence-electron chi connectivity index (χ2n) is 7.86. The van der Waals surface area contributed by atoms with Crippen LogP contribution in [0.15, 0.2) is 29.2 Å². The first-order valence-corrected chi connectivity index (χ1v) is 11.2. The van der Waals surface area contributed by atoms with Crippen LogP contribution in [0.5, 0.6) is 0 Å². The molecule has 1 saturated carbocycles. The molecule has 1 aliphatic carbocycles. The van der Waals surface area contributed by atoms with Crippen molar-refractivity contribution in [3.8, 4) is 0 Å². The Morgan fingerprint density at radius 1 is 1.24 bits per heavy atom. The zero-order valence-electron chi connectivity index (χ0n) is 16.2. The Hall–Kier alpha value is -1.65. The van der Waals surface area contributed by atoms with E-state index in [1.165, 1.54) is 4.31 Å². The van der Waals surface area contributed by atoms with E-state index in [-0.39, 0.29) is 35.2 Å². The number of carbonyl (C=O) groups is 1. The molecule has 1 aromatic rings. The molecule has 6 nitrogen and oxygen atoms in total. The first-order chi connectivity index (χ1) is 13.5. The van der Waals surface area contributed by atoms with E-state index in [1.54, 1.807) is 0 Å². The van der Waals surface area contributed by atoms with Crippen molar-refractivity contribution in [2.24, 2.45) is 17.6 Å². The summed E-state index contributed by atoms with van der Waals surface area (Å²) in [4.78, 5) is 12.1. The number of nitrogens with zero attached hydrogens (tertiary/aromatic N) is 1. The van der Waals surface area contributed by atoms with Crippen LogP contribution in [-0.4, -0.2) is 43.8 Å². The predicted octanol–water partition coefficient (Wildman–Crippen LogP) is 2.35. The van der Waals surface area contributed by atoms with Crippen molar-refractivity contribution in [2.75, 3.05) is 13.1 Å². The van der Waals surface area contributed by atoms with Gasteiger partial charge in [0.2, 0.25) is 15.9 Å². The predicted molar refractivity (Wildman–Crippen MR) is 101 cm³/mol. The summed E-state index contributed by atoms with van der Waals surface area (Å²) >= 11 is 0. The van der Waals surface area contributed by atoms with Crippen molar-refractivity contribution in [3.63, 3.8) is 0 Å². The second-order valence-corrected chi connectivity index (χ2v) is 9.79. The van der Waals surface area contributed by atoms with Gasteiger partial charge in [-0.2, -0.15) is 17.5 Å². The Kier molecular flexibility index (Phi) is 6.26. The highest BCUT2D eigenvalue weighted by molar-refractivity contribution is 7.89. The summed E-state index contributed by atoms with van der Waals surface area (Å²) < 4.78 is 65.3. The number of carbonyl (C=O) groups excluding carboxylic acids is 1. The molecular weight excluding hydrogens is 407 g/mol. The first kappa shape index (κ1) is 22.0. The van der Waals surface area contributed by atoms with Crippen molar-refractivity contribution in [1.29, 1.82) is 0 Å². The Labute approximate surface area is 168 Å². The van der Waals surface area contributed by atoms with E-state index < -0.39 is 27.8 Å². The van der Waals surface area contributed by atoms with Gasteiger partial charge in [-0.15, -0.1) is 0 Å². The lowest BCUT2D eigenvalue weighted by molar-refractivity contribution is -0.137. The fourth-order valence-electron chi connectivity index (χ4n) is 4.30. The number of sulfonamides is 1. The molecule has 0 unspecified atom stereocenters. The Morgan fingerprint density at radius 2 is 1.90 bits per heavy atom. The Bertz CT molecular complexity index is 842. The van der Waals surface area contributed by atoms with Crippen LogP contribution in [0.3, 0.4) is 0 Å². The van der Waals surface area contributed by atoms with Crippen molar-refractivity contribution >= 4 is 15.9 Å². The monoisotopic (exact) mass is 433 g/mol. The summed E-state index contributed by atoms with van der Waals surface area (Å²) in [5.74, 6) is -0.120. The molecule has 10 heteroatoms. The molecule has 1 amide bonds. The number of benzene rings is 1. The average Bonchev–Trinajstić information content (AvgIpc) is 3.24. The van der Waals surface area contributed by atoms with Crippen molar-refractivity contribution in [2.45, 2.75) is 55.8 Å². The lowest BCUT2D eigenvalue weighted by Crippen LogP contribution is -2.47. The van der Waals surface area contributed by atoms with E-state index in [4.69, 9.17) is 5.73 Å². The van der Waals surface area contributed by atoms with Crippen LogP contribution in [0.2, 0.25) is 0 Å². The van der Waals surface area contributed by atoms with E-state index >= 15 is 0 Å². The molecular formula is C19H26F3N3O3S. The maximum Gasteiger partial charge on any atom is 0.416 e. The van der Waals surface area contributed by atoms with E-state index in [2.05, 4.69) is 5.32 Å². The van der Waals surface area contributed by atoms with Gasteiger partial charge in [-0.1, -0.05) is 13.3 Å². The van der Waals surface area contributed by atoms with Crippen molar-refractivity contribution in [1.82, 2.24) is 9.62 Å². The van der Waals surface area contributed by atoms with Gasteiger partial charge in [0.15, 0.2) is 0 Å². The smallest absolute Gasteiger partial charge is 0.352 e. The molecule has 2 aliphatic rings. The number of nitrogens with one attached hydrogen (secondary N) is 1. The van der Waals surface area contributed by atoms with E-state index in [1.807, 2.05) is 6.92 Å². The highest BCUT2D eigenvalue weighted by Crippen LogP contribution is 2.40. The molecule has 1 aliphatic heterocycles. The molecule has 0 aromatic heterocycles. The maximum absolute atomic E-state index is 12.9. The summed E-state index contributed by atoms with van der Waals surface area (Å²) in [5, 5.41) is 2.96. The van der Waals surface area contributed by atoms with Gasteiger partial charge in [0.05, 0.1) is 16.5 Å². The number of hydrogen-bond donors (Lipinski definition) is 2. The van der Waals surface area contributed by atoms with Gasteiger partial charge in [-0.25, -0.2) is 8.42 Å². The second kappa shape index (κ2) is 8.23. The van der Waals surface area contributed by atoms with Crippen LogP contribution in [0, 0.1) is 11.8 Å². The molecule has 1 heterocycles. The van der Waals surface area contributed by atoms with Gasteiger partial charge in [0.25, 0.3) is 0 Å². The highest BCUT2D eigenvalue weighted by atomic mass is 32.2. The third-order valence-electron chi connectivity index (χ3n) is 5.91. The lowest BCUT2D eigenvalue weighted by atomic mass is 9.97. The summed E-state index contributed by atoms with van der Waals surface area (Å²) in [7, 11) is -3.89. The molecule has 0 spiro atoms. The summed E-state index contributed by atoms with van der Waals surface area (Å²) in [6, 6.07) is 2.84. The molecule has 4 atom stereocenters. The number of rotatable bonds is 6. The van der Waals surface area contributed by atoms with Crippen LogP contribution in [0.25, 0.3) is 0 Å². The third kappa shape index (κ3) is 4.59. The topological polar surface area (TPSA) is 92.5 Å². The van der Waals surface area contributed by atoms with Crippen LogP contribution in [0.4, 0.5) is 13.2 Å². The summed E-state index contributed by atoms with van der Waals surface area (Å²) in [5.41, 5.74) is 4.97. The van der Waals surface area contributed by atoms with Gasteiger partial charge >= 0.3 is 6.18 Å². The average molecular weight is 433 g/mol. The fourth-order valence-corrected chi connectivity index (χ4v) is 5.83. The summed E-state index contributed by atoms with van der Waals surface area (Å²) in [6.45, 7) is 2.49. The number of halogens is 3. The number of alkyl halides is 3. The zero-order valence-corrected chi connectivity index (χ0v) is 17.0. The molecule has 29 heavy (non-hydrogen) atoms. The van der Waals surface area contributed by atoms with Gasteiger partial charge < -0.3 is 11.1 Å². The Morgan fingerprint density at radius 3 is 2.48 bits per heavy atom. The van der Waals surface area contributed by atoms with Crippen LogP contribution in [-0.2, 0) is 21.0 Å². The Balaban J connectivity index is 1.69. The SMILES string of the molecule is CCC[C@H](N)C(=O)N[C@H]1CC[C@@H]2CN(S(=O)(=O)c3ccc(C(F)(F)F)cc3)C[C@@H]21. The minimum absolute atomic E-state index is 0.0167. The number of hydrogen-bond acceptors (Lipinski definition) is 4. The van der Waals surface area contributed by atoms with E-state index in [0.29, 0.717) is 13.0 Å². The minimum atomic E-state index is -4.52. The molecule has 0 bridgehead atoms. The normalized spacial score (nSPS) is 26.3. The largest absolute Gasteiger partial charge is 0.416 e. The molecule has 3 N–H and O–H groups in total. The van der Waals surface area contributed by atoms with Crippen molar-refractivity contribution < 1.29 is 26.4 Å². The van der Waals surface area contributed by atoms with Crippen LogP contribution >= 0.6 is 0 Å². The van der Waals surface area contributed by atoms with E-state index in [0.717, 1.165) is 43.5 Å².